The molecule has 3 rings (SSSR count). The highest BCUT2D eigenvalue weighted by atomic mass is 16.3. The zero-order valence-electron chi connectivity index (χ0n) is 11.8. The molecule has 1 aromatic carbocycles. The third kappa shape index (κ3) is 2.54. The number of benzene rings is 1. The molecule has 0 aliphatic heterocycles. The van der Waals surface area contributed by atoms with Crippen LogP contribution in [-0.4, -0.2) is 18.1 Å². The van der Waals surface area contributed by atoms with Crippen LogP contribution in [0.25, 0.3) is 11.1 Å². The van der Waals surface area contributed by atoms with E-state index in [4.69, 9.17) is 9.68 Å². The van der Waals surface area contributed by atoms with Crippen molar-refractivity contribution in [2.75, 3.05) is 13.1 Å². The Hall–Kier alpha value is -1.86. The highest BCUT2D eigenvalue weighted by Gasteiger charge is 2.36. The van der Waals surface area contributed by atoms with Crippen molar-refractivity contribution in [3.05, 3.63) is 29.7 Å². The first kappa shape index (κ1) is 13.1. The van der Waals surface area contributed by atoms with Crippen LogP contribution in [0.2, 0.25) is 0 Å². The van der Waals surface area contributed by atoms with E-state index in [2.05, 4.69) is 28.5 Å². The molecule has 0 spiro atoms. The fraction of sp³-hybridized carbons (Fsp3) is 0.500. The van der Waals surface area contributed by atoms with E-state index in [0.717, 1.165) is 43.5 Å². The number of hydrogen-bond donors (Lipinski definition) is 1. The van der Waals surface area contributed by atoms with E-state index in [1.165, 1.54) is 12.0 Å². The fourth-order valence-corrected chi connectivity index (χ4v) is 2.74. The van der Waals surface area contributed by atoms with Gasteiger partial charge >= 0.3 is 0 Å². The minimum absolute atomic E-state index is 0.0901. The summed E-state index contributed by atoms with van der Waals surface area (Å²) in [5.74, 6) is 0.705. The number of fused-ring (bicyclic) bond motifs is 1. The Morgan fingerprint density at radius 3 is 3.00 bits per heavy atom. The van der Waals surface area contributed by atoms with Gasteiger partial charge in [-0.15, -0.1) is 0 Å². The molecule has 0 radical (unpaired) electrons. The first-order valence-electron chi connectivity index (χ1n) is 7.19. The van der Waals surface area contributed by atoms with Crippen molar-refractivity contribution >= 4 is 11.1 Å². The molecule has 0 bridgehead atoms. The van der Waals surface area contributed by atoms with Crippen molar-refractivity contribution in [2.24, 2.45) is 5.41 Å². The van der Waals surface area contributed by atoms with E-state index < -0.39 is 0 Å². The summed E-state index contributed by atoms with van der Waals surface area (Å²) in [6.45, 7) is 3.57. The summed E-state index contributed by atoms with van der Waals surface area (Å²) < 4.78 is 5.47. The second-order valence-corrected chi connectivity index (χ2v) is 5.71. The van der Waals surface area contributed by atoms with Crippen LogP contribution in [0.5, 0.6) is 0 Å². The number of nitriles is 1. The SMILES string of the molecule is Cc1nc2cc(CCNCC3(C#N)CCC3)ccc2o1. The maximum absolute atomic E-state index is 9.16. The summed E-state index contributed by atoms with van der Waals surface area (Å²) in [6.07, 6.45) is 4.22. The molecule has 4 heteroatoms. The quantitative estimate of drug-likeness (QED) is 0.848. The van der Waals surface area contributed by atoms with Gasteiger partial charge in [0, 0.05) is 13.5 Å². The van der Waals surface area contributed by atoms with Crippen molar-refractivity contribution in [2.45, 2.75) is 32.6 Å². The Labute approximate surface area is 118 Å². The van der Waals surface area contributed by atoms with Gasteiger partial charge in [0.1, 0.15) is 5.52 Å². The van der Waals surface area contributed by atoms with E-state index in [-0.39, 0.29) is 5.41 Å². The number of oxazole rings is 1. The maximum Gasteiger partial charge on any atom is 0.192 e. The lowest BCUT2D eigenvalue weighted by Crippen LogP contribution is -2.39. The minimum atomic E-state index is -0.0901. The Balaban J connectivity index is 1.53. The highest BCUT2D eigenvalue weighted by molar-refractivity contribution is 5.73. The summed E-state index contributed by atoms with van der Waals surface area (Å²) in [6, 6.07) is 8.60. The van der Waals surface area contributed by atoms with Crippen LogP contribution in [0.15, 0.2) is 22.6 Å². The predicted molar refractivity (Wildman–Crippen MR) is 77.2 cm³/mol. The first-order valence-corrected chi connectivity index (χ1v) is 7.19. The van der Waals surface area contributed by atoms with Gasteiger partial charge in [0.15, 0.2) is 11.5 Å². The van der Waals surface area contributed by atoms with Crippen LogP contribution in [0, 0.1) is 23.7 Å². The van der Waals surface area contributed by atoms with E-state index >= 15 is 0 Å². The fourth-order valence-electron chi connectivity index (χ4n) is 2.74. The van der Waals surface area contributed by atoms with E-state index in [1.54, 1.807) is 0 Å². The molecular formula is C16H19N3O. The van der Waals surface area contributed by atoms with E-state index in [0.29, 0.717) is 5.89 Å². The van der Waals surface area contributed by atoms with Gasteiger partial charge in [-0.05, 0) is 43.5 Å². The summed E-state index contributed by atoms with van der Waals surface area (Å²) >= 11 is 0. The number of rotatable bonds is 5. The third-order valence-corrected chi connectivity index (χ3v) is 4.16. The minimum Gasteiger partial charge on any atom is -0.441 e. The normalized spacial score (nSPS) is 16.8. The van der Waals surface area contributed by atoms with Crippen molar-refractivity contribution in [3.63, 3.8) is 0 Å². The maximum atomic E-state index is 9.16. The summed E-state index contributed by atoms with van der Waals surface area (Å²) in [4.78, 5) is 4.35. The van der Waals surface area contributed by atoms with Crippen molar-refractivity contribution in [1.82, 2.24) is 10.3 Å². The van der Waals surface area contributed by atoms with Gasteiger partial charge < -0.3 is 9.73 Å². The van der Waals surface area contributed by atoms with Gasteiger partial charge in [0.2, 0.25) is 0 Å². The van der Waals surface area contributed by atoms with Crippen molar-refractivity contribution in [1.29, 1.82) is 5.26 Å². The van der Waals surface area contributed by atoms with Crippen LogP contribution in [-0.2, 0) is 6.42 Å². The Morgan fingerprint density at radius 1 is 1.45 bits per heavy atom. The summed E-state index contributed by atoms with van der Waals surface area (Å²) in [5, 5.41) is 12.6. The second-order valence-electron chi connectivity index (χ2n) is 5.71. The van der Waals surface area contributed by atoms with Gasteiger partial charge in [-0.2, -0.15) is 5.26 Å². The average Bonchev–Trinajstić information content (AvgIpc) is 2.76. The Kier molecular flexibility index (Phi) is 3.45. The zero-order valence-corrected chi connectivity index (χ0v) is 11.8. The Morgan fingerprint density at radius 2 is 2.30 bits per heavy atom. The van der Waals surface area contributed by atoms with E-state index in [1.807, 2.05) is 13.0 Å². The van der Waals surface area contributed by atoms with Crippen molar-refractivity contribution in [3.8, 4) is 6.07 Å². The molecule has 0 unspecified atom stereocenters. The summed E-state index contributed by atoms with van der Waals surface area (Å²) in [7, 11) is 0. The smallest absolute Gasteiger partial charge is 0.192 e. The zero-order chi connectivity index (χ0) is 14.0. The molecule has 0 saturated heterocycles. The number of hydrogen-bond acceptors (Lipinski definition) is 4. The van der Waals surface area contributed by atoms with Gasteiger partial charge in [-0.1, -0.05) is 12.5 Å². The second kappa shape index (κ2) is 5.26. The molecule has 2 aromatic rings. The Bertz CT molecular complexity index is 649. The number of aromatic nitrogens is 1. The molecule has 4 nitrogen and oxygen atoms in total. The van der Waals surface area contributed by atoms with Crippen molar-refractivity contribution < 1.29 is 4.42 Å². The van der Waals surface area contributed by atoms with Gasteiger partial charge in [0.25, 0.3) is 0 Å². The third-order valence-electron chi connectivity index (χ3n) is 4.16. The molecule has 1 heterocycles. The molecule has 0 atom stereocenters. The van der Waals surface area contributed by atoms with E-state index in [9.17, 15) is 0 Å². The molecule has 1 fully saturated rings. The average molecular weight is 269 g/mol. The van der Waals surface area contributed by atoms with Crippen LogP contribution < -0.4 is 5.32 Å². The standard InChI is InChI=1S/C16H19N3O/c1-12-19-14-9-13(3-4-15(14)20-12)5-8-18-11-16(10-17)6-2-7-16/h3-4,9,18H,2,5-8,11H2,1H3. The van der Waals surface area contributed by atoms with Crippen LogP contribution in [0.1, 0.15) is 30.7 Å². The van der Waals surface area contributed by atoms with Gasteiger partial charge in [0.05, 0.1) is 11.5 Å². The molecule has 1 saturated carbocycles. The van der Waals surface area contributed by atoms with Crippen LogP contribution >= 0.6 is 0 Å². The monoisotopic (exact) mass is 269 g/mol. The lowest BCUT2D eigenvalue weighted by molar-refractivity contribution is 0.208. The molecule has 1 aliphatic rings. The molecule has 1 aliphatic carbocycles. The molecule has 0 amide bonds. The largest absolute Gasteiger partial charge is 0.441 e. The number of aryl methyl sites for hydroxylation is 1. The predicted octanol–water partition coefficient (Wildman–Crippen LogP) is 2.96. The van der Waals surface area contributed by atoms with Gasteiger partial charge in [-0.3, -0.25) is 0 Å². The van der Waals surface area contributed by atoms with Gasteiger partial charge in [-0.25, -0.2) is 4.98 Å². The highest BCUT2D eigenvalue weighted by Crippen LogP contribution is 2.39. The molecule has 1 N–H and O–H groups in total. The lowest BCUT2D eigenvalue weighted by Gasteiger charge is -2.35. The molecular weight excluding hydrogens is 250 g/mol. The molecule has 104 valence electrons. The molecule has 1 aromatic heterocycles. The van der Waals surface area contributed by atoms with Crippen LogP contribution in [0.3, 0.4) is 0 Å². The molecule has 20 heavy (non-hydrogen) atoms. The number of nitrogens with zero attached hydrogens (tertiary/aromatic N) is 2. The first-order chi connectivity index (χ1) is 9.71. The number of nitrogens with one attached hydrogen (secondary N) is 1. The lowest BCUT2D eigenvalue weighted by atomic mass is 9.70. The van der Waals surface area contributed by atoms with Crippen LogP contribution in [0.4, 0.5) is 0 Å². The summed E-state index contributed by atoms with van der Waals surface area (Å²) in [5.41, 5.74) is 2.93. The topological polar surface area (TPSA) is 61.9 Å².